The second-order valence-corrected chi connectivity index (χ2v) is 5.08. The molecule has 0 amide bonds. The van der Waals surface area contributed by atoms with Crippen molar-refractivity contribution in [3.05, 3.63) is 24.8 Å². The van der Waals surface area contributed by atoms with Crippen molar-refractivity contribution >= 4 is 11.8 Å². The number of unbranched alkanes of at least 4 members (excludes halogenated alkanes) is 5. The van der Waals surface area contributed by atoms with Crippen LogP contribution in [0.3, 0.4) is 0 Å². The third-order valence-corrected chi connectivity index (χ3v) is 3.13. The SMILES string of the molecule is C=CCCC=CCCCCCCC(=O)CCCC(=O)O. The van der Waals surface area contributed by atoms with Gasteiger partial charge in [0.15, 0.2) is 0 Å². The Morgan fingerprint density at radius 2 is 1.45 bits per heavy atom. The molecule has 0 unspecified atom stereocenters. The van der Waals surface area contributed by atoms with Gasteiger partial charge in [0.05, 0.1) is 0 Å². The highest BCUT2D eigenvalue weighted by Gasteiger charge is 2.03. The quantitative estimate of drug-likeness (QED) is 0.371. The van der Waals surface area contributed by atoms with Gasteiger partial charge in [-0.15, -0.1) is 6.58 Å². The summed E-state index contributed by atoms with van der Waals surface area (Å²) in [6.45, 7) is 3.68. The Hall–Kier alpha value is -1.38. The highest BCUT2D eigenvalue weighted by Crippen LogP contribution is 2.09. The number of ketones is 1. The third kappa shape index (κ3) is 14.7. The average Bonchev–Trinajstić information content (AvgIpc) is 2.40. The molecular weight excluding hydrogens is 252 g/mol. The van der Waals surface area contributed by atoms with E-state index >= 15 is 0 Å². The predicted molar refractivity (Wildman–Crippen MR) is 82.8 cm³/mol. The standard InChI is InChI=1S/C17H28O3/c1-2-3-4-5-6-7-8-9-10-11-13-16(18)14-12-15-17(19)20/h2,5-6H,1,3-4,7-15H2,(H,19,20). The fourth-order valence-corrected chi connectivity index (χ4v) is 1.95. The van der Waals surface area contributed by atoms with Crippen LogP contribution < -0.4 is 0 Å². The molecule has 0 atom stereocenters. The molecule has 0 aliphatic heterocycles. The molecule has 0 aliphatic carbocycles. The van der Waals surface area contributed by atoms with Gasteiger partial charge in [0.25, 0.3) is 0 Å². The number of carboxylic acids is 1. The number of carbonyl (C=O) groups is 2. The van der Waals surface area contributed by atoms with E-state index in [0.29, 0.717) is 19.3 Å². The van der Waals surface area contributed by atoms with Gasteiger partial charge < -0.3 is 5.11 Å². The van der Waals surface area contributed by atoms with Crippen LogP contribution in [0.25, 0.3) is 0 Å². The monoisotopic (exact) mass is 280 g/mol. The second-order valence-electron chi connectivity index (χ2n) is 5.08. The lowest BCUT2D eigenvalue weighted by Crippen LogP contribution is -2.00. The molecule has 0 aromatic heterocycles. The smallest absolute Gasteiger partial charge is 0.303 e. The van der Waals surface area contributed by atoms with Crippen LogP contribution in [0.1, 0.15) is 70.6 Å². The van der Waals surface area contributed by atoms with Crippen LogP contribution in [-0.2, 0) is 9.59 Å². The van der Waals surface area contributed by atoms with Crippen LogP contribution in [0.2, 0.25) is 0 Å². The van der Waals surface area contributed by atoms with E-state index in [1.54, 1.807) is 0 Å². The molecular formula is C17H28O3. The number of hydrogen-bond acceptors (Lipinski definition) is 2. The van der Waals surface area contributed by atoms with Gasteiger partial charge in [-0.25, -0.2) is 0 Å². The number of aliphatic carboxylic acids is 1. The predicted octanol–water partition coefficient (Wildman–Crippen LogP) is 4.67. The van der Waals surface area contributed by atoms with E-state index in [1.165, 1.54) is 6.42 Å². The number of Topliss-reactive ketones (excluding diaryl/α,β-unsaturated/α-hetero) is 1. The normalized spacial score (nSPS) is 10.8. The first kappa shape index (κ1) is 18.6. The molecule has 0 fully saturated rings. The Kier molecular flexibility index (Phi) is 13.1. The van der Waals surface area contributed by atoms with E-state index in [9.17, 15) is 9.59 Å². The van der Waals surface area contributed by atoms with Crippen molar-refractivity contribution < 1.29 is 14.7 Å². The molecule has 0 aliphatic rings. The highest BCUT2D eigenvalue weighted by molar-refractivity contribution is 5.78. The van der Waals surface area contributed by atoms with Crippen molar-refractivity contribution in [3.63, 3.8) is 0 Å². The Labute approximate surface area is 122 Å². The molecule has 114 valence electrons. The Morgan fingerprint density at radius 1 is 0.800 bits per heavy atom. The molecule has 0 aromatic rings. The van der Waals surface area contributed by atoms with E-state index < -0.39 is 5.97 Å². The fourth-order valence-electron chi connectivity index (χ4n) is 1.95. The minimum atomic E-state index is -0.820. The van der Waals surface area contributed by atoms with E-state index in [2.05, 4.69) is 18.7 Å². The summed E-state index contributed by atoms with van der Waals surface area (Å²) in [5.41, 5.74) is 0. The van der Waals surface area contributed by atoms with Gasteiger partial charge in [0.1, 0.15) is 5.78 Å². The maximum Gasteiger partial charge on any atom is 0.303 e. The van der Waals surface area contributed by atoms with E-state index in [1.807, 2.05) is 6.08 Å². The Morgan fingerprint density at radius 3 is 2.15 bits per heavy atom. The summed E-state index contributed by atoms with van der Waals surface area (Å²) in [5, 5.41) is 8.47. The lowest BCUT2D eigenvalue weighted by atomic mass is 10.1. The molecule has 3 nitrogen and oxygen atoms in total. The fraction of sp³-hybridized carbons (Fsp3) is 0.647. The van der Waals surface area contributed by atoms with E-state index in [4.69, 9.17) is 5.11 Å². The lowest BCUT2D eigenvalue weighted by Gasteiger charge is -2.00. The summed E-state index contributed by atoms with van der Waals surface area (Å²) < 4.78 is 0. The zero-order valence-corrected chi connectivity index (χ0v) is 12.5. The largest absolute Gasteiger partial charge is 0.481 e. The van der Waals surface area contributed by atoms with Gasteiger partial charge in [0, 0.05) is 19.3 Å². The van der Waals surface area contributed by atoms with Crippen LogP contribution in [-0.4, -0.2) is 16.9 Å². The number of hydrogen-bond donors (Lipinski definition) is 1. The number of carboxylic acid groups (broad SMARTS) is 1. The molecule has 0 saturated heterocycles. The minimum Gasteiger partial charge on any atom is -0.481 e. The zero-order chi connectivity index (χ0) is 15.1. The van der Waals surface area contributed by atoms with Crippen molar-refractivity contribution in [2.45, 2.75) is 70.6 Å². The molecule has 0 radical (unpaired) electrons. The van der Waals surface area contributed by atoms with Crippen molar-refractivity contribution in [2.24, 2.45) is 0 Å². The van der Waals surface area contributed by atoms with Crippen LogP contribution in [0.4, 0.5) is 0 Å². The van der Waals surface area contributed by atoms with Crippen LogP contribution in [0, 0.1) is 0 Å². The molecule has 20 heavy (non-hydrogen) atoms. The van der Waals surface area contributed by atoms with Gasteiger partial charge in [-0.2, -0.15) is 0 Å². The molecule has 3 heteroatoms. The minimum absolute atomic E-state index is 0.101. The maximum atomic E-state index is 11.4. The van der Waals surface area contributed by atoms with Gasteiger partial charge in [-0.1, -0.05) is 31.1 Å². The third-order valence-electron chi connectivity index (χ3n) is 3.13. The number of rotatable bonds is 14. The molecule has 0 heterocycles. The lowest BCUT2D eigenvalue weighted by molar-refractivity contribution is -0.137. The number of carbonyl (C=O) groups excluding carboxylic acids is 1. The van der Waals surface area contributed by atoms with Gasteiger partial charge in [0.2, 0.25) is 0 Å². The molecule has 0 aromatic carbocycles. The van der Waals surface area contributed by atoms with Crippen molar-refractivity contribution in [1.82, 2.24) is 0 Å². The Bertz CT molecular complexity index is 305. The highest BCUT2D eigenvalue weighted by atomic mass is 16.4. The topological polar surface area (TPSA) is 54.4 Å². The van der Waals surface area contributed by atoms with Crippen LogP contribution in [0.5, 0.6) is 0 Å². The van der Waals surface area contributed by atoms with Crippen molar-refractivity contribution in [2.75, 3.05) is 0 Å². The maximum absolute atomic E-state index is 11.4. The summed E-state index contributed by atoms with van der Waals surface area (Å²) in [5.74, 6) is -0.616. The molecule has 0 saturated carbocycles. The molecule has 0 spiro atoms. The first-order valence-electron chi connectivity index (χ1n) is 7.66. The first-order chi connectivity index (χ1) is 9.66. The van der Waals surface area contributed by atoms with E-state index in [-0.39, 0.29) is 12.2 Å². The summed E-state index contributed by atoms with van der Waals surface area (Å²) >= 11 is 0. The first-order valence-corrected chi connectivity index (χ1v) is 7.66. The summed E-state index contributed by atoms with van der Waals surface area (Å²) in [6, 6.07) is 0. The average molecular weight is 280 g/mol. The second kappa shape index (κ2) is 14.0. The summed E-state index contributed by atoms with van der Waals surface area (Å²) in [7, 11) is 0. The van der Waals surface area contributed by atoms with Crippen LogP contribution in [0.15, 0.2) is 24.8 Å². The van der Waals surface area contributed by atoms with Crippen molar-refractivity contribution in [1.29, 1.82) is 0 Å². The summed E-state index contributed by atoms with van der Waals surface area (Å²) in [4.78, 5) is 21.8. The van der Waals surface area contributed by atoms with Crippen molar-refractivity contribution in [3.8, 4) is 0 Å². The summed E-state index contributed by atoms with van der Waals surface area (Å²) in [6.07, 6.45) is 15.6. The zero-order valence-electron chi connectivity index (χ0n) is 12.5. The van der Waals surface area contributed by atoms with E-state index in [0.717, 1.165) is 38.5 Å². The Balaban J connectivity index is 3.26. The molecule has 1 N–H and O–H groups in total. The molecule has 0 rings (SSSR count). The number of allylic oxidation sites excluding steroid dienone is 3. The van der Waals surface area contributed by atoms with Gasteiger partial charge in [-0.05, 0) is 38.5 Å². The van der Waals surface area contributed by atoms with Gasteiger partial charge in [-0.3, -0.25) is 9.59 Å². The van der Waals surface area contributed by atoms with Gasteiger partial charge >= 0.3 is 5.97 Å². The van der Waals surface area contributed by atoms with Crippen LogP contribution >= 0.6 is 0 Å². The molecule has 0 bridgehead atoms.